The first kappa shape index (κ1) is 25.9. The summed E-state index contributed by atoms with van der Waals surface area (Å²) >= 11 is 1.59. The summed E-state index contributed by atoms with van der Waals surface area (Å²) in [6.07, 6.45) is 5.59. The van der Waals surface area contributed by atoms with E-state index in [2.05, 4.69) is 33.3 Å². The van der Waals surface area contributed by atoms with Crippen molar-refractivity contribution in [2.24, 2.45) is 0 Å². The highest BCUT2D eigenvalue weighted by molar-refractivity contribution is 7.21. The molecule has 0 bridgehead atoms. The number of hydrogen-bond donors (Lipinski definition) is 3. The molecule has 0 radical (unpaired) electrons. The van der Waals surface area contributed by atoms with Crippen molar-refractivity contribution in [3.8, 4) is 56.3 Å². The summed E-state index contributed by atoms with van der Waals surface area (Å²) in [6.45, 7) is 0. The Balaban J connectivity index is 1.40. The van der Waals surface area contributed by atoms with Gasteiger partial charge in [0.15, 0.2) is 22.4 Å². The first-order valence-electron chi connectivity index (χ1n) is 15.1. The second kappa shape index (κ2) is 10.1. The summed E-state index contributed by atoms with van der Waals surface area (Å²) in [5.74, 6) is 2.36. The third-order valence-corrected chi connectivity index (χ3v) is 9.49. The quantitative estimate of drug-likeness (QED) is 0.175. The Morgan fingerprint density at radius 2 is 1.55 bits per heavy atom. The summed E-state index contributed by atoms with van der Waals surface area (Å²) in [7, 11) is 0. The van der Waals surface area contributed by atoms with Crippen molar-refractivity contribution >= 4 is 54.3 Å². The lowest BCUT2D eigenvalue weighted by atomic mass is 9.90. The van der Waals surface area contributed by atoms with Gasteiger partial charge in [-0.25, -0.2) is 19.9 Å². The van der Waals surface area contributed by atoms with Crippen LogP contribution < -0.4 is 0 Å². The van der Waals surface area contributed by atoms with Crippen LogP contribution in [0.15, 0.2) is 120 Å². The molecule has 9 nitrogen and oxygen atoms in total. The molecule has 0 spiro atoms. The van der Waals surface area contributed by atoms with Crippen LogP contribution >= 0.6 is 11.3 Å². The van der Waals surface area contributed by atoms with Gasteiger partial charge in [-0.1, -0.05) is 42.5 Å². The molecule has 0 aliphatic rings. The van der Waals surface area contributed by atoms with Gasteiger partial charge in [0.2, 0.25) is 0 Å². The van der Waals surface area contributed by atoms with Gasteiger partial charge in [0.1, 0.15) is 5.82 Å². The van der Waals surface area contributed by atoms with Gasteiger partial charge in [-0.2, -0.15) is 5.10 Å². The van der Waals surface area contributed by atoms with Crippen molar-refractivity contribution in [2.75, 3.05) is 0 Å². The maximum absolute atomic E-state index is 6.94. The molecule has 0 amide bonds. The number of nitrogens with one attached hydrogen (secondary N) is 3. The molecule has 6 aromatic heterocycles. The lowest BCUT2D eigenvalue weighted by molar-refractivity contribution is 0.596. The number of nitrogens with zero attached hydrogens (tertiary/aromatic N) is 5. The van der Waals surface area contributed by atoms with Gasteiger partial charge in [-0.15, -0.1) is 11.3 Å². The number of fused-ring (bicyclic) bond motifs is 4. The van der Waals surface area contributed by atoms with E-state index in [1.54, 1.807) is 11.3 Å². The third kappa shape index (κ3) is 4.05. The molecular formula is C37H22N8OS. The van der Waals surface area contributed by atoms with E-state index < -0.39 is 0 Å². The Hall–Kier alpha value is -6.39. The van der Waals surface area contributed by atoms with Gasteiger partial charge < -0.3 is 14.4 Å². The van der Waals surface area contributed by atoms with E-state index in [4.69, 9.17) is 29.5 Å². The zero-order chi connectivity index (χ0) is 30.9. The van der Waals surface area contributed by atoms with Gasteiger partial charge in [0.05, 0.1) is 32.5 Å². The fourth-order valence-electron chi connectivity index (χ4n) is 6.36. The molecule has 0 atom stereocenters. The van der Waals surface area contributed by atoms with E-state index in [9.17, 15) is 0 Å². The second-order valence-corrected chi connectivity index (χ2v) is 12.3. The Morgan fingerprint density at radius 3 is 2.38 bits per heavy atom. The van der Waals surface area contributed by atoms with E-state index in [1.165, 1.54) is 0 Å². The normalized spacial score (nSPS) is 11.8. The molecule has 0 saturated carbocycles. The summed E-state index contributed by atoms with van der Waals surface area (Å²) in [6, 6.07) is 32.3. The lowest BCUT2D eigenvalue weighted by Crippen LogP contribution is -1.95. The highest BCUT2D eigenvalue weighted by atomic mass is 32.1. The summed E-state index contributed by atoms with van der Waals surface area (Å²) < 4.78 is 8.01. The van der Waals surface area contributed by atoms with E-state index in [0.29, 0.717) is 23.2 Å². The van der Waals surface area contributed by atoms with Gasteiger partial charge in [-0.05, 0) is 54.6 Å². The monoisotopic (exact) mass is 626 g/mol. The third-order valence-electron chi connectivity index (χ3n) is 8.45. The smallest absolute Gasteiger partial charge is 0.196 e. The predicted octanol–water partition coefficient (Wildman–Crippen LogP) is 9.25. The van der Waals surface area contributed by atoms with Crippen LogP contribution in [0, 0.1) is 0 Å². The Bertz CT molecular complexity index is 2690. The molecule has 0 fully saturated rings. The Labute approximate surface area is 270 Å². The molecule has 3 N–H and O–H groups in total. The molecule has 0 aliphatic heterocycles. The minimum Gasteiger partial charge on any atom is -0.449 e. The van der Waals surface area contributed by atoms with Crippen LogP contribution in [0.2, 0.25) is 0 Å². The Morgan fingerprint density at radius 1 is 0.702 bits per heavy atom. The first-order chi connectivity index (χ1) is 23.3. The van der Waals surface area contributed by atoms with Crippen molar-refractivity contribution in [3.63, 3.8) is 0 Å². The topological polar surface area (TPSA) is 125 Å². The highest BCUT2D eigenvalue weighted by Crippen LogP contribution is 2.51. The molecule has 10 aromatic rings. The predicted molar refractivity (Wildman–Crippen MR) is 186 cm³/mol. The average molecular weight is 627 g/mol. The number of imidazole rings is 1. The molecule has 6 heterocycles. The van der Waals surface area contributed by atoms with Crippen LogP contribution in [-0.4, -0.2) is 40.1 Å². The van der Waals surface area contributed by atoms with Gasteiger partial charge in [0.25, 0.3) is 0 Å². The SMILES string of the molecule is c1c[nH]c(-c2cc3c(-c4ncc5ccccc5n4)oc(-c4nc5ccccc5s4)c3c(-c3nc4ccccc4[nH]3)c2-c2cc[nH]n2)c1. The zero-order valence-electron chi connectivity index (χ0n) is 24.5. The van der Waals surface area contributed by atoms with Crippen molar-refractivity contribution in [1.82, 2.24) is 40.1 Å². The van der Waals surface area contributed by atoms with Crippen molar-refractivity contribution < 1.29 is 4.42 Å². The average Bonchev–Trinajstić information content (AvgIpc) is 3.96. The van der Waals surface area contributed by atoms with E-state index in [-0.39, 0.29) is 0 Å². The number of aromatic amines is 3. The molecule has 222 valence electrons. The molecule has 47 heavy (non-hydrogen) atoms. The number of rotatable bonds is 5. The van der Waals surface area contributed by atoms with Crippen LogP contribution in [0.3, 0.4) is 0 Å². The second-order valence-electron chi connectivity index (χ2n) is 11.2. The minimum atomic E-state index is 0.488. The number of furan rings is 1. The highest BCUT2D eigenvalue weighted by Gasteiger charge is 2.30. The van der Waals surface area contributed by atoms with Gasteiger partial charge in [0, 0.05) is 57.1 Å². The Kier molecular flexibility index (Phi) is 5.54. The summed E-state index contributed by atoms with van der Waals surface area (Å²) in [4.78, 5) is 27.0. The number of H-pyrrole nitrogens is 3. The number of hydrogen-bond acceptors (Lipinski definition) is 7. The largest absolute Gasteiger partial charge is 0.449 e. The molecule has 0 unspecified atom stereocenters. The van der Waals surface area contributed by atoms with Crippen LogP contribution in [0.4, 0.5) is 0 Å². The number of thiazole rings is 1. The molecule has 10 heteroatoms. The summed E-state index contributed by atoms with van der Waals surface area (Å²) in [5, 5.41) is 11.1. The maximum Gasteiger partial charge on any atom is 0.196 e. The van der Waals surface area contributed by atoms with Crippen LogP contribution in [0.1, 0.15) is 0 Å². The van der Waals surface area contributed by atoms with Crippen molar-refractivity contribution in [3.05, 3.63) is 116 Å². The lowest BCUT2D eigenvalue weighted by Gasteiger charge is -2.14. The van der Waals surface area contributed by atoms with Crippen LogP contribution in [-0.2, 0) is 0 Å². The van der Waals surface area contributed by atoms with E-state index in [0.717, 1.165) is 76.0 Å². The number of aromatic nitrogens is 8. The fraction of sp³-hybridized carbons (Fsp3) is 0. The molecule has 4 aromatic carbocycles. The van der Waals surface area contributed by atoms with Crippen LogP contribution in [0.5, 0.6) is 0 Å². The van der Waals surface area contributed by atoms with E-state index >= 15 is 0 Å². The van der Waals surface area contributed by atoms with Crippen LogP contribution in [0.25, 0.3) is 99.2 Å². The van der Waals surface area contributed by atoms with Crippen molar-refractivity contribution in [2.45, 2.75) is 0 Å². The zero-order valence-corrected chi connectivity index (χ0v) is 25.3. The fourth-order valence-corrected chi connectivity index (χ4v) is 7.31. The minimum absolute atomic E-state index is 0.488. The molecule has 10 rings (SSSR count). The number of benzene rings is 4. The van der Waals surface area contributed by atoms with Crippen molar-refractivity contribution in [1.29, 1.82) is 0 Å². The molecule has 0 saturated heterocycles. The van der Waals surface area contributed by atoms with Gasteiger partial charge in [-0.3, -0.25) is 5.10 Å². The standard InChI is InChI=1S/C37H22N8OS/c1-2-9-23-20(8-1)19-39-36(41-23)33-22-18-21(24-13-7-16-38-24)30(28-15-17-40-45-28)32(35-42-25-10-3-4-11-26(25)43-35)31(22)34(46-33)37-44-27-12-5-6-14-29(27)47-37/h1-19,38H,(H,40,45)(H,42,43). The summed E-state index contributed by atoms with van der Waals surface area (Å²) in [5.41, 5.74) is 7.90. The van der Waals surface area contributed by atoms with E-state index in [1.807, 2.05) is 97.5 Å². The molecule has 0 aliphatic carbocycles. The first-order valence-corrected chi connectivity index (χ1v) is 15.9. The maximum atomic E-state index is 6.94. The molecular weight excluding hydrogens is 605 g/mol. The van der Waals surface area contributed by atoms with Gasteiger partial charge >= 0.3 is 0 Å². The number of para-hydroxylation sites is 4.